The fourth-order valence-corrected chi connectivity index (χ4v) is 9.00. The summed E-state index contributed by atoms with van der Waals surface area (Å²) in [4.78, 5) is 13.6. The predicted octanol–water partition coefficient (Wildman–Crippen LogP) is 11.6. The van der Waals surface area contributed by atoms with Crippen LogP contribution < -0.4 is 20.2 Å². The van der Waals surface area contributed by atoms with E-state index in [-0.39, 0.29) is 0 Å². The Labute approximate surface area is 309 Å². The maximum atomic E-state index is 6.25. The van der Waals surface area contributed by atoms with Gasteiger partial charge in [-0.25, -0.2) is 9.97 Å². The van der Waals surface area contributed by atoms with Gasteiger partial charge in [-0.2, -0.15) is 0 Å². The molecule has 48 heavy (non-hydrogen) atoms. The zero-order valence-corrected chi connectivity index (χ0v) is 32.5. The van der Waals surface area contributed by atoms with E-state index in [1.165, 1.54) is 59.4 Å². The normalized spacial score (nSPS) is 12.8. The van der Waals surface area contributed by atoms with Crippen LogP contribution in [-0.2, 0) is 0 Å². The van der Waals surface area contributed by atoms with E-state index in [1.54, 1.807) is 22.7 Å². The van der Waals surface area contributed by atoms with E-state index >= 15 is 0 Å². The summed E-state index contributed by atoms with van der Waals surface area (Å²) >= 11 is 10.9. The van der Waals surface area contributed by atoms with Crippen molar-refractivity contribution in [2.75, 3.05) is 13.2 Å². The molecule has 3 heterocycles. The van der Waals surface area contributed by atoms with Crippen LogP contribution in [0.1, 0.15) is 87.8 Å². The Morgan fingerprint density at radius 1 is 0.583 bits per heavy atom. The third-order valence-corrected chi connectivity index (χ3v) is 11.9. The molecule has 2 aromatic carbocycles. The van der Waals surface area contributed by atoms with Crippen LogP contribution in [0.2, 0.25) is 0 Å². The molecule has 0 bridgehead atoms. The van der Waals surface area contributed by atoms with Crippen LogP contribution >= 0.6 is 54.5 Å². The maximum absolute atomic E-state index is 6.25. The highest BCUT2D eigenvalue weighted by atomic mass is 79.9. The molecule has 5 aromatic rings. The molecule has 0 fully saturated rings. The molecular weight excluding hydrogens is 764 g/mol. The molecule has 0 saturated carbocycles. The van der Waals surface area contributed by atoms with Gasteiger partial charge in [0.1, 0.15) is 11.5 Å². The van der Waals surface area contributed by atoms with Crippen molar-refractivity contribution in [2.45, 2.75) is 78.1 Å². The lowest BCUT2D eigenvalue weighted by molar-refractivity contribution is 0.305. The zero-order chi connectivity index (χ0) is 33.3. The van der Waals surface area contributed by atoms with Crippen molar-refractivity contribution >= 4 is 65.7 Å². The standard InChI is InChI=1S/C40H42Br2N2O2S2/c1-3-5-7-9-23-45-29-15-11-13-27(25-29)37-38(28-14-12-16-30(26-28)46-24-10-8-6-4-2)44-40-32(34-20-22-36(42)48-34)18-17-31(39(40)43-37)33-19-21-35(41)47-33/h11-16,19-22,25-26H,3-10,17-18,23-24H2,1-2H3. The van der Waals surface area contributed by atoms with Crippen LogP contribution in [0.5, 0.6) is 11.5 Å². The topological polar surface area (TPSA) is 44.2 Å². The average Bonchev–Trinajstić information content (AvgIpc) is 3.75. The van der Waals surface area contributed by atoms with Crippen LogP contribution in [0.4, 0.5) is 0 Å². The Hall–Kier alpha value is -2.78. The second-order valence-corrected chi connectivity index (χ2v) is 17.1. The first-order chi connectivity index (χ1) is 23.5. The van der Waals surface area contributed by atoms with Crippen molar-refractivity contribution in [3.8, 4) is 34.0 Å². The van der Waals surface area contributed by atoms with Crippen molar-refractivity contribution < 1.29 is 9.47 Å². The molecule has 0 radical (unpaired) electrons. The lowest BCUT2D eigenvalue weighted by Gasteiger charge is -2.18. The number of hydrogen-bond donors (Lipinski definition) is 0. The van der Waals surface area contributed by atoms with Crippen molar-refractivity contribution in [3.63, 3.8) is 0 Å². The number of unbranched alkanes of at least 4 members (excludes halogenated alkanes) is 6. The van der Waals surface area contributed by atoms with E-state index in [0.29, 0.717) is 13.2 Å². The quantitative estimate of drug-likeness (QED) is 0.0932. The molecule has 0 saturated heterocycles. The van der Waals surface area contributed by atoms with Gasteiger partial charge in [-0.1, -0.05) is 76.6 Å². The monoisotopic (exact) mass is 804 g/mol. The van der Waals surface area contributed by atoms with Crippen molar-refractivity contribution in [1.29, 1.82) is 0 Å². The highest BCUT2D eigenvalue weighted by molar-refractivity contribution is 9.11. The molecule has 0 atom stereocenters. The number of fused-ring (bicyclic) bond motifs is 1. The summed E-state index contributed by atoms with van der Waals surface area (Å²) in [5, 5.41) is 1.92. The van der Waals surface area contributed by atoms with Crippen LogP contribution in [-0.4, -0.2) is 23.2 Å². The fraction of sp³-hybridized carbons (Fsp3) is 0.350. The maximum Gasteiger partial charge on any atom is 0.119 e. The largest absolute Gasteiger partial charge is 0.494 e. The van der Waals surface area contributed by atoms with Crippen molar-refractivity contribution in [1.82, 2.24) is 9.97 Å². The Morgan fingerprint density at radius 2 is 1.04 bits per heavy atom. The Bertz CT molecular complexity index is 1820. The third-order valence-electron chi connectivity index (χ3n) is 8.58. The summed E-state index contributed by atoms with van der Waals surface area (Å²) in [5.74, 6) is 1.72. The molecule has 6 rings (SSSR count). The molecule has 4 nitrogen and oxygen atoms in total. The minimum Gasteiger partial charge on any atom is -0.494 e. The van der Waals surface area contributed by atoms with Gasteiger partial charge in [0.15, 0.2) is 0 Å². The molecule has 1 aliphatic carbocycles. The highest BCUT2D eigenvalue weighted by Crippen LogP contribution is 2.36. The van der Waals surface area contributed by atoms with Crippen LogP contribution in [0, 0.1) is 0 Å². The summed E-state index contributed by atoms with van der Waals surface area (Å²) in [6.45, 7) is 5.89. The predicted molar refractivity (Wildman–Crippen MR) is 210 cm³/mol. The first-order valence-electron chi connectivity index (χ1n) is 17.2. The van der Waals surface area contributed by atoms with Crippen molar-refractivity contribution in [2.24, 2.45) is 0 Å². The van der Waals surface area contributed by atoms with Gasteiger partial charge < -0.3 is 9.47 Å². The summed E-state index contributed by atoms with van der Waals surface area (Å²) in [6.07, 6.45) is 11.2. The van der Waals surface area contributed by atoms with Crippen LogP contribution in [0.25, 0.3) is 33.7 Å². The number of halogens is 2. The van der Waals surface area contributed by atoms with Gasteiger partial charge in [0, 0.05) is 20.9 Å². The Balaban J connectivity index is 1.52. The van der Waals surface area contributed by atoms with Crippen molar-refractivity contribution in [3.05, 3.63) is 101 Å². The lowest BCUT2D eigenvalue weighted by Crippen LogP contribution is -2.39. The molecule has 8 heteroatoms. The molecule has 0 N–H and O–H groups in total. The highest BCUT2D eigenvalue weighted by Gasteiger charge is 2.22. The van der Waals surface area contributed by atoms with Gasteiger partial charge in [-0.15, -0.1) is 22.7 Å². The number of thiophene rings is 2. The summed E-state index contributed by atoms with van der Waals surface area (Å²) in [5.41, 5.74) is 6.18. The number of aromatic nitrogens is 2. The van der Waals surface area contributed by atoms with Gasteiger partial charge in [-0.05, 0) is 117 Å². The van der Waals surface area contributed by atoms with Gasteiger partial charge in [0.05, 0.1) is 42.9 Å². The molecule has 250 valence electrons. The average molecular weight is 807 g/mol. The molecule has 1 aliphatic rings. The lowest BCUT2D eigenvalue weighted by atomic mass is 9.95. The first-order valence-corrected chi connectivity index (χ1v) is 20.4. The molecule has 0 spiro atoms. The zero-order valence-electron chi connectivity index (χ0n) is 27.7. The molecule has 0 amide bonds. The minimum atomic E-state index is 0.712. The minimum absolute atomic E-state index is 0.712. The van der Waals surface area contributed by atoms with E-state index in [0.717, 1.165) is 78.0 Å². The Morgan fingerprint density at radius 3 is 1.44 bits per heavy atom. The first kappa shape index (κ1) is 35.1. The van der Waals surface area contributed by atoms with E-state index < -0.39 is 0 Å². The number of rotatable bonds is 16. The Kier molecular flexibility index (Phi) is 12.6. The van der Waals surface area contributed by atoms with E-state index in [9.17, 15) is 0 Å². The van der Waals surface area contributed by atoms with Gasteiger partial charge in [-0.3, -0.25) is 0 Å². The third kappa shape index (κ3) is 8.68. The van der Waals surface area contributed by atoms with Gasteiger partial charge in [0.25, 0.3) is 0 Å². The van der Waals surface area contributed by atoms with E-state index in [4.69, 9.17) is 19.4 Å². The second-order valence-electron chi connectivity index (χ2n) is 12.2. The van der Waals surface area contributed by atoms with Crippen LogP contribution in [0.15, 0.2) is 80.4 Å². The fourth-order valence-electron chi connectivity index (χ4n) is 6.08. The summed E-state index contributed by atoms with van der Waals surface area (Å²) in [7, 11) is 0. The van der Waals surface area contributed by atoms with E-state index in [1.807, 2.05) is 12.1 Å². The van der Waals surface area contributed by atoms with Gasteiger partial charge >= 0.3 is 0 Å². The molecular formula is C40H42Br2N2O2S2. The number of ether oxygens (including phenoxy) is 2. The second kappa shape index (κ2) is 17.2. The molecule has 3 aromatic heterocycles. The SMILES string of the molecule is CCCCCCOc1cccc(-c2nc3c(nc2-c2cccc(OCCCCCC)c2)=C(c2ccc(Br)s2)CCC=3c2ccc(Br)s2)c1. The van der Waals surface area contributed by atoms with Gasteiger partial charge in [0.2, 0.25) is 0 Å². The molecule has 0 aliphatic heterocycles. The number of nitrogens with zero attached hydrogens (tertiary/aromatic N) is 2. The summed E-state index contributed by atoms with van der Waals surface area (Å²) < 4.78 is 14.7. The number of hydrogen-bond acceptors (Lipinski definition) is 6. The molecule has 0 unspecified atom stereocenters. The van der Waals surface area contributed by atoms with Crippen LogP contribution in [0.3, 0.4) is 0 Å². The summed E-state index contributed by atoms with van der Waals surface area (Å²) in [6, 6.07) is 25.4. The van der Waals surface area contributed by atoms with E-state index in [2.05, 4.69) is 106 Å². The smallest absolute Gasteiger partial charge is 0.119 e. The number of benzene rings is 2.